The largest absolute Gasteiger partial charge is 0.497 e. The van der Waals surface area contributed by atoms with Crippen LogP contribution in [0.5, 0.6) is 11.5 Å². The third kappa shape index (κ3) is 5.10. The number of benzene rings is 3. The van der Waals surface area contributed by atoms with Crippen molar-refractivity contribution in [2.45, 2.75) is 13.8 Å². The zero-order valence-corrected chi connectivity index (χ0v) is 23.8. The van der Waals surface area contributed by atoms with Crippen LogP contribution in [0.1, 0.15) is 22.5 Å². The fraction of sp³-hybridized carbons (Fsp3) is 0.125. The number of halogens is 2. The van der Waals surface area contributed by atoms with Crippen LogP contribution in [-0.4, -0.2) is 25.0 Å². The summed E-state index contributed by atoms with van der Waals surface area (Å²) in [7, 11) is 3.23. The van der Waals surface area contributed by atoms with Crippen LogP contribution in [0.15, 0.2) is 82.2 Å². The van der Waals surface area contributed by atoms with Crippen molar-refractivity contribution >= 4 is 35.3 Å². The minimum atomic E-state index is 0.221. The third-order valence-corrected chi connectivity index (χ3v) is 7.42. The quantitative estimate of drug-likeness (QED) is 0.183. The maximum absolute atomic E-state index is 10.2. The number of furan rings is 1. The zero-order valence-electron chi connectivity index (χ0n) is 22.3. The molecule has 6 nitrogen and oxygen atoms in total. The summed E-state index contributed by atoms with van der Waals surface area (Å²) in [4.78, 5) is 4.66. The summed E-state index contributed by atoms with van der Waals surface area (Å²) < 4.78 is 19.0. The van der Waals surface area contributed by atoms with E-state index in [9.17, 15) is 5.26 Å². The lowest BCUT2D eigenvalue weighted by atomic mass is 9.98. The highest BCUT2D eigenvalue weighted by Gasteiger charge is 2.23. The van der Waals surface area contributed by atoms with Crippen molar-refractivity contribution in [3.8, 4) is 45.7 Å². The first-order valence-electron chi connectivity index (χ1n) is 12.4. The first kappa shape index (κ1) is 27.1. The molecule has 8 heteroatoms. The number of ether oxygens (including phenoxy) is 2. The maximum atomic E-state index is 10.2. The fourth-order valence-electron chi connectivity index (χ4n) is 4.66. The molecular weight excluding hydrogens is 545 g/mol. The van der Waals surface area contributed by atoms with Gasteiger partial charge in [0, 0.05) is 40.0 Å². The van der Waals surface area contributed by atoms with Crippen molar-refractivity contribution in [1.82, 2.24) is 4.57 Å². The van der Waals surface area contributed by atoms with E-state index in [1.165, 1.54) is 0 Å². The number of aliphatic imine (C=N–C) groups is 1. The van der Waals surface area contributed by atoms with Crippen molar-refractivity contribution in [2.24, 2.45) is 4.99 Å². The van der Waals surface area contributed by atoms with Crippen molar-refractivity contribution < 1.29 is 13.9 Å². The molecule has 0 N–H and O–H groups in total. The van der Waals surface area contributed by atoms with Gasteiger partial charge in [-0.25, -0.2) is 4.99 Å². The van der Waals surface area contributed by atoms with Crippen LogP contribution < -0.4 is 9.47 Å². The molecule has 200 valence electrons. The number of hydrogen-bond donors (Lipinski definition) is 0. The summed E-state index contributed by atoms with van der Waals surface area (Å²) in [6.07, 6.45) is 1.71. The molecule has 0 unspecified atom stereocenters. The van der Waals surface area contributed by atoms with Gasteiger partial charge in [0.1, 0.15) is 28.9 Å². The second-order valence-corrected chi connectivity index (χ2v) is 9.89. The van der Waals surface area contributed by atoms with Gasteiger partial charge in [0.05, 0.1) is 24.3 Å². The van der Waals surface area contributed by atoms with E-state index >= 15 is 0 Å². The fourth-order valence-corrected chi connectivity index (χ4v) is 4.95. The van der Waals surface area contributed by atoms with Crippen LogP contribution in [0.4, 0.5) is 5.88 Å². The van der Waals surface area contributed by atoms with Crippen molar-refractivity contribution in [2.75, 3.05) is 14.2 Å². The number of nitriles is 1. The van der Waals surface area contributed by atoms with Crippen LogP contribution in [0, 0.1) is 25.2 Å². The Labute approximate surface area is 242 Å². The second-order valence-electron chi connectivity index (χ2n) is 9.07. The van der Waals surface area contributed by atoms with Crippen LogP contribution >= 0.6 is 23.2 Å². The number of hydrogen-bond acceptors (Lipinski definition) is 5. The summed E-state index contributed by atoms with van der Waals surface area (Å²) in [5, 5.41) is 11.2. The molecule has 0 fully saturated rings. The molecular formula is C32H25Cl2N3O3. The number of rotatable bonds is 7. The van der Waals surface area contributed by atoms with Gasteiger partial charge in [0.2, 0.25) is 5.88 Å². The molecule has 3 aromatic carbocycles. The molecule has 0 spiro atoms. The van der Waals surface area contributed by atoms with Crippen molar-refractivity contribution in [3.05, 3.63) is 105 Å². The van der Waals surface area contributed by atoms with Crippen LogP contribution in [-0.2, 0) is 0 Å². The average Bonchev–Trinajstić information content (AvgIpc) is 3.49. The molecule has 0 bridgehead atoms. The summed E-state index contributed by atoms with van der Waals surface area (Å²) in [6, 6.07) is 24.8. The smallest absolute Gasteiger partial charge is 0.238 e. The number of nitrogens with zero attached hydrogens (tertiary/aromatic N) is 3. The van der Waals surface area contributed by atoms with Gasteiger partial charge in [-0.05, 0) is 80.1 Å². The molecule has 5 rings (SSSR count). The molecule has 0 saturated heterocycles. The van der Waals surface area contributed by atoms with Gasteiger partial charge in [0.15, 0.2) is 0 Å². The molecule has 0 aliphatic rings. The van der Waals surface area contributed by atoms with E-state index in [0.29, 0.717) is 32.7 Å². The Kier molecular flexibility index (Phi) is 7.70. The van der Waals surface area contributed by atoms with Crippen molar-refractivity contribution in [1.29, 1.82) is 5.26 Å². The van der Waals surface area contributed by atoms with E-state index < -0.39 is 0 Å². The molecule has 0 radical (unpaired) electrons. The number of methoxy groups -OCH3 is 2. The minimum Gasteiger partial charge on any atom is -0.497 e. The lowest BCUT2D eigenvalue weighted by molar-refractivity contribution is 0.414. The van der Waals surface area contributed by atoms with Gasteiger partial charge in [-0.3, -0.25) is 0 Å². The van der Waals surface area contributed by atoms with Gasteiger partial charge in [-0.1, -0.05) is 35.3 Å². The summed E-state index contributed by atoms with van der Waals surface area (Å²) in [5.74, 6) is 2.20. The first-order valence-corrected chi connectivity index (χ1v) is 13.1. The van der Waals surface area contributed by atoms with Gasteiger partial charge in [-0.15, -0.1) is 0 Å². The highest BCUT2D eigenvalue weighted by atomic mass is 35.5. The Morgan fingerprint density at radius 3 is 2.05 bits per heavy atom. The Balaban J connectivity index is 1.61. The highest BCUT2D eigenvalue weighted by Crippen LogP contribution is 2.43. The molecule has 5 aromatic rings. The van der Waals surface area contributed by atoms with E-state index in [4.69, 9.17) is 37.1 Å². The molecule has 0 atom stereocenters. The first-order chi connectivity index (χ1) is 19.3. The predicted octanol–water partition coefficient (Wildman–Crippen LogP) is 8.97. The molecule has 0 amide bonds. The number of aromatic nitrogens is 1. The minimum absolute atomic E-state index is 0.221. The molecule has 0 aliphatic heterocycles. The van der Waals surface area contributed by atoms with Gasteiger partial charge in [0.25, 0.3) is 0 Å². The standard InChI is InChI=1S/C32H25Cl2N3O3/c1-19-15-23(20(2)37(19)24-9-14-28(33)29(34)16-24)18-36-32-27(17-35)30(21-5-10-25(38-3)11-6-21)31(40-32)22-7-12-26(39-4)13-8-22/h5-16,18H,1-4H3. The molecule has 2 heterocycles. The second kappa shape index (κ2) is 11.4. The Bertz CT molecular complexity index is 1760. The predicted molar refractivity (Wildman–Crippen MR) is 160 cm³/mol. The summed E-state index contributed by atoms with van der Waals surface area (Å²) >= 11 is 12.4. The van der Waals surface area contributed by atoms with Crippen LogP contribution in [0.2, 0.25) is 10.0 Å². The zero-order chi connectivity index (χ0) is 28.4. The summed E-state index contributed by atoms with van der Waals surface area (Å²) in [5.41, 5.74) is 6.32. The monoisotopic (exact) mass is 569 g/mol. The molecule has 0 aliphatic carbocycles. The van der Waals surface area contributed by atoms with E-state index in [1.807, 2.05) is 80.6 Å². The van der Waals surface area contributed by atoms with Gasteiger partial charge in [-0.2, -0.15) is 5.26 Å². The Morgan fingerprint density at radius 1 is 0.850 bits per heavy atom. The normalized spacial score (nSPS) is 11.1. The van der Waals surface area contributed by atoms with Crippen LogP contribution in [0.3, 0.4) is 0 Å². The van der Waals surface area contributed by atoms with E-state index in [0.717, 1.165) is 39.5 Å². The topological polar surface area (TPSA) is 72.7 Å². The Hall–Kier alpha value is -4.44. The summed E-state index contributed by atoms with van der Waals surface area (Å²) in [6.45, 7) is 4.00. The van der Waals surface area contributed by atoms with E-state index in [2.05, 4.69) is 15.6 Å². The SMILES string of the molecule is COc1ccc(-c2oc(N=Cc3cc(C)n(-c4ccc(Cl)c(Cl)c4)c3C)c(C#N)c2-c2ccc(OC)cc2)cc1. The number of aryl methyl sites for hydroxylation is 1. The Morgan fingerprint density at radius 2 is 1.48 bits per heavy atom. The lowest BCUT2D eigenvalue weighted by Crippen LogP contribution is -1.99. The van der Waals surface area contributed by atoms with Crippen LogP contribution in [0.25, 0.3) is 28.1 Å². The molecule has 0 saturated carbocycles. The molecule has 40 heavy (non-hydrogen) atoms. The van der Waals surface area contributed by atoms with E-state index in [1.54, 1.807) is 26.5 Å². The highest BCUT2D eigenvalue weighted by molar-refractivity contribution is 6.42. The lowest BCUT2D eigenvalue weighted by Gasteiger charge is -2.10. The third-order valence-electron chi connectivity index (χ3n) is 6.68. The van der Waals surface area contributed by atoms with Gasteiger partial charge >= 0.3 is 0 Å². The molecule has 2 aromatic heterocycles. The van der Waals surface area contributed by atoms with E-state index in [-0.39, 0.29) is 5.88 Å². The maximum Gasteiger partial charge on any atom is 0.238 e. The average molecular weight is 570 g/mol. The van der Waals surface area contributed by atoms with Gasteiger partial charge < -0.3 is 18.5 Å². The van der Waals surface area contributed by atoms with Crippen molar-refractivity contribution in [3.63, 3.8) is 0 Å².